The van der Waals surface area contributed by atoms with Crippen molar-refractivity contribution in [1.29, 1.82) is 0 Å². The summed E-state index contributed by atoms with van der Waals surface area (Å²) in [5, 5.41) is 0. The summed E-state index contributed by atoms with van der Waals surface area (Å²) in [5.74, 6) is 0. The fourth-order valence-corrected chi connectivity index (χ4v) is 4.18. The van der Waals surface area contributed by atoms with Crippen molar-refractivity contribution < 1.29 is 4.79 Å². The summed E-state index contributed by atoms with van der Waals surface area (Å²) in [7, 11) is -1.34. The van der Waals surface area contributed by atoms with E-state index >= 15 is 0 Å². The van der Waals surface area contributed by atoms with Gasteiger partial charge in [0.1, 0.15) is 0 Å². The van der Waals surface area contributed by atoms with Gasteiger partial charge in [0.2, 0.25) is 13.5 Å². The van der Waals surface area contributed by atoms with Crippen LogP contribution in [0, 0.1) is 0 Å². The number of isocyanates is 1. The van der Waals surface area contributed by atoms with E-state index in [-0.39, 0.29) is 0 Å². The summed E-state index contributed by atoms with van der Waals surface area (Å²) >= 11 is 11.7. The Hall–Kier alpha value is 0.177. The van der Waals surface area contributed by atoms with Crippen LogP contribution in [0.4, 0.5) is 0 Å². The smallest absolute Gasteiger partial charge is 0.211 e. The van der Waals surface area contributed by atoms with Crippen LogP contribution < -0.4 is 0 Å². The highest BCUT2D eigenvalue weighted by Gasteiger charge is 2.00. The van der Waals surface area contributed by atoms with Crippen molar-refractivity contribution in [3.05, 3.63) is 0 Å². The van der Waals surface area contributed by atoms with Gasteiger partial charge < -0.3 is 0 Å². The number of nitrogens with zero attached hydrogens (tertiary/aromatic N) is 1. The predicted octanol–water partition coefficient (Wildman–Crippen LogP) is 6.48. The molecule has 0 amide bonds. The van der Waals surface area contributed by atoms with Crippen molar-refractivity contribution in [3.8, 4) is 0 Å². The molecule has 0 fully saturated rings. The topological polar surface area (TPSA) is 29.4 Å². The summed E-state index contributed by atoms with van der Waals surface area (Å²) in [6, 6.07) is 1.08. The molecule has 0 aliphatic heterocycles. The predicted molar refractivity (Wildman–Crippen MR) is 101 cm³/mol. The number of aliphatic imine (C=N–C) groups is 1. The molecule has 0 bridgehead atoms. The van der Waals surface area contributed by atoms with Gasteiger partial charge >= 0.3 is 0 Å². The molecule has 0 atom stereocenters. The Bertz CT molecular complexity index is 271. The molecule has 0 spiro atoms. The molecule has 5 heteroatoms. The third-order valence-electron chi connectivity index (χ3n) is 4.01. The summed E-state index contributed by atoms with van der Waals surface area (Å²) in [5.41, 5.74) is 0. The summed E-state index contributed by atoms with van der Waals surface area (Å²) in [6.45, 7) is 0.657. The maximum absolute atomic E-state index is 9.88. The molecule has 0 heterocycles. The van der Waals surface area contributed by atoms with Gasteiger partial charge in [0.15, 0.2) is 0 Å². The quantitative estimate of drug-likeness (QED) is 0.0952. The molecule has 0 saturated heterocycles. The lowest BCUT2D eigenvalue weighted by Crippen LogP contribution is -1.91. The van der Waals surface area contributed by atoms with E-state index in [2.05, 4.69) is 4.99 Å². The summed E-state index contributed by atoms with van der Waals surface area (Å²) in [4.78, 5) is 13.4. The lowest BCUT2D eigenvalue weighted by atomic mass is 10.0. The number of hydrogen-bond donors (Lipinski definition) is 0. The Kier molecular flexibility index (Phi) is 19.4. The van der Waals surface area contributed by atoms with Gasteiger partial charge in [0.05, 0.1) is 6.54 Å². The van der Waals surface area contributed by atoms with Gasteiger partial charge in [-0.1, -0.05) is 83.5 Å². The molecule has 0 aromatic heterocycles. The minimum Gasteiger partial charge on any atom is -0.211 e. The van der Waals surface area contributed by atoms with Crippen molar-refractivity contribution in [3.63, 3.8) is 0 Å². The molecule has 0 aromatic rings. The minimum atomic E-state index is -1.34. The molecule has 130 valence electrons. The SMILES string of the molecule is O=C=NCCCCCCCCCCCCCCCC[SiH](Cl)Cl. The third-order valence-corrected chi connectivity index (χ3v) is 6.16. The first-order valence-corrected chi connectivity index (χ1v) is 13.4. The van der Waals surface area contributed by atoms with E-state index in [1.807, 2.05) is 0 Å². The number of halogens is 2. The summed E-state index contributed by atoms with van der Waals surface area (Å²) in [6.07, 6.45) is 20.0. The maximum atomic E-state index is 9.88. The average Bonchev–Trinajstić information content (AvgIpc) is 2.50. The fraction of sp³-hybridized carbons (Fsp3) is 0.941. The van der Waals surface area contributed by atoms with E-state index in [1.165, 1.54) is 83.5 Å². The highest BCUT2D eigenvalue weighted by Crippen LogP contribution is 2.15. The molecule has 0 saturated carbocycles. The Balaban J connectivity index is 2.98. The van der Waals surface area contributed by atoms with Crippen LogP contribution >= 0.6 is 22.2 Å². The molecule has 0 aromatic carbocycles. The van der Waals surface area contributed by atoms with Gasteiger partial charge in [-0.2, -0.15) is 22.2 Å². The van der Waals surface area contributed by atoms with Crippen LogP contribution in [0.1, 0.15) is 89.9 Å². The van der Waals surface area contributed by atoms with Crippen LogP contribution in [0.3, 0.4) is 0 Å². The molecule has 0 unspecified atom stereocenters. The second kappa shape index (κ2) is 19.2. The van der Waals surface area contributed by atoms with E-state index in [9.17, 15) is 4.79 Å². The third kappa shape index (κ3) is 20.2. The van der Waals surface area contributed by atoms with E-state index < -0.39 is 7.42 Å². The van der Waals surface area contributed by atoms with Crippen LogP contribution in [0.15, 0.2) is 4.99 Å². The molecular formula is C17H33Cl2NOSi. The van der Waals surface area contributed by atoms with Crippen molar-refractivity contribution in [2.24, 2.45) is 4.99 Å². The monoisotopic (exact) mass is 365 g/mol. The van der Waals surface area contributed by atoms with Gasteiger partial charge in [0, 0.05) is 0 Å². The molecule has 0 N–H and O–H groups in total. The zero-order valence-corrected chi connectivity index (χ0v) is 16.7. The maximum Gasteiger partial charge on any atom is 0.237 e. The Morgan fingerprint density at radius 3 is 1.36 bits per heavy atom. The van der Waals surface area contributed by atoms with Crippen LogP contribution in [-0.4, -0.2) is 20.0 Å². The lowest BCUT2D eigenvalue weighted by Gasteiger charge is -2.03. The van der Waals surface area contributed by atoms with E-state index in [1.54, 1.807) is 6.08 Å². The van der Waals surface area contributed by atoms with Crippen LogP contribution in [0.5, 0.6) is 0 Å². The second-order valence-electron chi connectivity index (χ2n) is 6.10. The highest BCUT2D eigenvalue weighted by molar-refractivity contribution is 7.33. The van der Waals surface area contributed by atoms with Crippen molar-refractivity contribution in [2.45, 2.75) is 95.9 Å². The molecular weight excluding hydrogens is 333 g/mol. The van der Waals surface area contributed by atoms with Gasteiger partial charge in [0.25, 0.3) is 0 Å². The minimum absolute atomic E-state index is 0.657. The molecule has 0 aliphatic rings. The standard InChI is InChI=1S/C17H33Cl2NOSi/c18-22(19)16-14-12-10-8-6-4-2-1-3-5-7-9-11-13-15-20-17-21/h22H,1-16H2. The number of carbonyl (C=O) groups excluding carboxylic acids is 1. The fourth-order valence-electron chi connectivity index (χ4n) is 2.66. The van der Waals surface area contributed by atoms with Gasteiger partial charge in [-0.25, -0.2) is 9.79 Å². The van der Waals surface area contributed by atoms with Gasteiger partial charge in [-0.05, 0) is 12.5 Å². The largest absolute Gasteiger partial charge is 0.237 e. The zero-order chi connectivity index (χ0) is 16.3. The first kappa shape index (κ1) is 22.2. The first-order chi connectivity index (χ1) is 10.8. The van der Waals surface area contributed by atoms with Crippen molar-refractivity contribution >= 4 is 35.7 Å². The molecule has 22 heavy (non-hydrogen) atoms. The first-order valence-electron chi connectivity index (χ1n) is 9.09. The molecule has 0 aliphatic carbocycles. The molecule has 2 nitrogen and oxygen atoms in total. The van der Waals surface area contributed by atoms with Crippen LogP contribution in [0.25, 0.3) is 0 Å². The Morgan fingerprint density at radius 2 is 1.00 bits per heavy atom. The molecule has 0 rings (SSSR count). The summed E-state index contributed by atoms with van der Waals surface area (Å²) < 4.78 is 0. The normalized spacial score (nSPS) is 10.9. The van der Waals surface area contributed by atoms with Gasteiger partial charge in [-0.15, -0.1) is 0 Å². The Morgan fingerprint density at radius 1 is 0.636 bits per heavy atom. The number of hydrogen-bond acceptors (Lipinski definition) is 2. The highest BCUT2D eigenvalue weighted by atomic mass is 35.7. The Labute approximate surface area is 148 Å². The average molecular weight is 366 g/mol. The van der Waals surface area contributed by atoms with E-state index in [0.717, 1.165) is 12.5 Å². The van der Waals surface area contributed by atoms with Crippen molar-refractivity contribution in [2.75, 3.05) is 6.54 Å². The number of rotatable bonds is 17. The second-order valence-corrected chi connectivity index (χ2v) is 11.3. The van der Waals surface area contributed by atoms with E-state index in [0.29, 0.717) is 6.54 Å². The van der Waals surface area contributed by atoms with Crippen LogP contribution in [-0.2, 0) is 4.79 Å². The van der Waals surface area contributed by atoms with Crippen LogP contribution in [0.2, 0.25) is 6.04 Å². The van der Waals surface area contributed by atoms with E-state index in [4.69, 9.17) is 22.2 Å². The zero-order valence-electron chi connectivity index (χ0n) is 14.0. The lowest BCUT2D eigenvalue weighted by molar-refractivity contribution is 0.535. The number of unbranched alkanes of at least 4 members (excludes halogenated alkanes) is 13. The van der Waals surface area contributed by atoms with Crippen molar-refractivity contribution in [1.82, 2.24) is 0 Å². The van der Waals surface area contributed by atoms with Gasteiger partial charge in [-0.3, -0.25) is 0 Å². The molecule has 0 radical (unpaired) electrons.